The molecule has 0 saturated heterocycles. The quantitative estimate of drug-likeness (QED) is 0.754. The van der Waals surface area contributed by atoms with E-state index in [4.69, 9.17) is 4.74 Å². The van der Waals surface area contributed by atoms with Gasteiger partial charge in [0.2, 0.25) is 0 Å². The Morgan fingerprint density at radius 1 is 1.14 bits per heavy atom. The van der Waals surface area contributed by atoms with E-state index >= 15 is 0 Å². The molecule has 2 aliphatic carbocycles. The fraction of sp³-hybridized carbons (Fsp3) is 0.667. The summed E-state index contributed by atoms with van der Waals surface area (Å²) < 4.78 is 7.15. The van der Waals surface area contributed by atoms with Crippen molar-refractivity contribution in [3.63, 3.8) is 0 Å². The van der Waals surface area contributed by atoms with Crippen LogP contribution in [0.25, 0.3) is 0 Å². The molecule has 0 heterocycles. The van der Waals surface area contributed by atoms with Crippen LogP contribution in [0, 0.1) is 0 Å². The third-order valence-electron chi connectivity index (χ3n) is 4.90. The standard InChI is InChI=1S/C18H26BrNO/c19-16-6-4-5-14(11-16)15-12-17(13-15)20-9-10-21-18-7-2-1-3-8-18/h4-6,11,15,17-18,20H,1-3,7-10,12-13H2. The van der Waals surface area contributed by atoms with Crippen molar-refractivity contribution < 1.29 is 4.74 Å². The van der Waals surface area contributed by atoms with Gasteiger partial charge in [-0.05, 0) is 49.3 Å². The number of nitrogens with one attached hydrogen (secondary N) is 1. The van der Waals surface area contributed by atoms with Crippen LogP contribution in [-0.4, -0.2) is 25.3 Å². The average molecular weight is 352 g/mol. The summed E-state index contributed by atoms with van der Waals surface area (Å²) in [6.07, 6.45) is 9.72. The molecular formula is C18H26BrNO. The maximum atomic E-state index is 5.96. The van der Waals surface area contributed by atoms with Crippen LogP contribution in [0.2, 0.25) is 0 Å². The zero-order valence-electron chi connectivity index (χ0n) is 12.7. The number of hydrogen-bond acceptors (Lipinski definition) is 2. The van der Waals surface area contributed by atoms with Crippen molar-refractivity contribution in [2.45, 2.75) is 63.0 Å². The predicted octanol–water partition coefficient (Wildman–Crippen LogP) is 4.63. The molecule has 0 amide bonds. The zero-order chi connectivity index (χ0) is 14.5. The molecule has 0 bridgehead atoms. The Balaban J connectivity index is 1.28. The molecule has 2 aliphatic rings. The van der Waals surface area contributed by atoms with Gasteiger partial charge in [-0.15, -0.1) is 0 Å². The van der Waals surface area contributed by atoms with Gasteiger partial charge in [0.05, 0.1) is 12.7 Å². The Labute approximate surface area is 136 Å². The van der Waals surface area contributed by atoms with Crippen LogP contribution < -0.4 is 5.32 Å². The largest absolute Gasteiger partial charge is 0.377 e. The van der Waals surface area contributed by atoms with Gasteiger partial charge < -0.3 is 10.1 Å². The second-order valence-electron chi connectivity index (χ2n) is 6.51. The lowest BCUT2D eigenvalue weighted by Crippen LogP contribution is -2.41. The molecule has 2 fully saturated rings. The van der Waals surface area contributed by atoms with Crippen molar-refractivity contribution >= 4 is 15.9 Å². The molecule has 0 aromatic heterocycles. The lowest BCUT2D eigenvalue weighted by molar-refractivity contribution is 0.0280. The van der Waals surface area contributed by atoms with Gasteiger partial charge in [0.25, 0.3) is 0 Å². The fourth-order valence-corrected chi connectivity index (χ4v) is 3.95. The fourth-order valence-electron chi connectivity index (χ4n) is 3.54. The molecule has 2 saturated carbocycles. The highest BCUT2D eigenvalue weighted by atomic mass is 79.9. The minimum Gasteiger partial charge on any atom is -0.377 e. The van der Waals surface area contributed by atoms with Crippen molar-refractivity contribution in [1.29, 1.82) is 0 Å². The molecular weight excluding hydrogens is 326 g/mol. The van der Waals surface area contributed by atoms with Gasteiger partial charge in [-0.1, -0.05) is 47.3 Å². The summed E-state index contributed by atoms with van der Waals surface area (Å²) in [7, 11) is 0. The lowest BCUT2D eigenvalue weighted by atomic mass is 9.76. The number of ether oxygens (including phenoxy) is 1. The van der Waals surface area contributed by atoms with Crippen LogP contribution in [0.5, 0.6) is 0 Å². The maximum absolute atomic E-state index is 5.96. The van der Waals surface area contributed by atoms with E-state index in [2.05, 4.69) is 45.5 Å². The second-order valence-corrected chi connectivity index (χ2v) is 7.42. The summed E-state index contributed by atoms with van der Waals surface area (Å²) in [4.78, 5) is 0. The summed E-state index contributed by atoms with van der Waals surface area (Å²) in [5.41, 5.74) is 1.47. The normalized spacial score (nSPS) is 26.5. The zero-order valence-corrected chi connectivity index (χ0v) is 14.3. The van der Waals surface area contributed by atoms with Gasteiger partial charge in [-0.25, -0.2) is 0 Å². The van der Waals surface area contributed by atoms with Crippen LogP contribution in [0.1, 0.15) is 56.4 Å². The van der Waals surface area contributed by atoms with Gasteiger partial charge in [-0.2, -0.15) is 0 Å². The van der Waals surface area contributed by atoms with Gasteiger partial charge in [-0.3, -0.25) is 0 Å². The Kier molecular flexibility index (Phi) is 5.73. The lowest BCUT2D eigenvalue weighted by Gasteiger charge is -2.36. The molecule has 0 unspecified atom stereocenters. The Morgan fingerprint density at radius 2 is 1.95 bits per heavy atom. The topological polar surface area (TPSA) is 21.3 Å². The summed E-state index contributed by atoms with van der Waals surface area (Å²) in [5, 5.41) is 3.64. The molecule has 0 atom stereocenters. The number of benzene rings is 1. The van der Waals surface area contributed by atoms with E-state index in [-0.39, 0.29) is 0 Å². The number of hydrogen-bond donors (Lipinski definition) is 1. The maximum Gasteiger partial charge on any atom is 0.0594 e. The monoisotopic (exact) mass is 351 g/mol. The van der Waals surface area contributed by atoms with E-state index < -0.39 is 0 Å². The highest BCUT2D eigenvalue weighted by molar-refractivity contribution is 9.10. The highest BCUT2D eigenvalue weighted by Gasteiger charge is 2.29. The molecule has 0 radical (unpaired) electrons. The predicted molar refractivity (Wildman–Crippen MR) is 90.7 cm³/mol. The Hall–Kier alpha value is -0.380. The average Bonchev–Trinajstić information content (AvgIpc) is 2.46. The third-order valence-corrected chi connectivity index (χ3v) is 5.39. The third kappa shape index (κ3) is 4.54. The molecule has 0 spiro atoms. The molecule has 21 heavy (non-hydrogen) atoms. The van der Waals surface area contributed by atoms with Crippen LogP contribution >= 0.6 is 15.9 Å². The van der Waals surface area contributed by atoms with E-state index in [0.717, 1.165) is 19.1 Å². The van der Waals surface area contributed by atoms with Crippen molar-refractivity contribution in [1.82, 2.24) is 5.32 Å². The SMILES string of the molecule is Brc1cccc(C2CC(NCCOC3CCCCC3)C2)c1. The van der Waals surface area contributed by atoms with Crippen molar-refractivity contribution in [3.05, 3.63) is 34.3 Å². The minimum absolute atomic E-state index is 0.538. The minimum atomic E-state index is 0.538. The molecule has 3 rings (SSSR count). The highest BCUT2D eigenvalue weighted by Crippen LogP contribution is 2.37. The smallest absolute Gasteiger partial charge is 0.0594 e. The molecule has 0 aliphatic heterocycles. The van der Waals surface area contributed by atoms with Crippen LogP contribution in [0.4, 0.5) is 0 Å². The summed E-state index contributed by atoms with van der Waals surface area (Å²) in [5.74, 6) is 0.735. The van der Waals surface area contributed by atoms with E-state index in [9.17, 15) is 0 Å². The summed E-state index contributed by atoms with van der Waals surface area (Å²) in [6, 6.07) is 9.42. The van der Waals surface area contributed by atoms with Crippen molar-refractivity contribution in [2.24, 2.45) is 0 Å². The van der Waals surface area contributed by atoms with Gasteiger partial charge in [0.1, 0.15) is 0 Å². The molecule has 2 nitrogen and oxygen atoms in total. The molecule has 1 aromatic carbocycles. The first-order valence-electron chi connectivity index (χ1n) is 8.42. The van der Waals surface area contributed by atoms with Crippen LogP contribution in [-0.2, 0) is 4.74 Å². The van der Waals surface area contributed by atoms with Crippen LogP contribution in [0.3, 0.4) is 0 Å². The van der Waals surface area contributed by atoms with Gasteiger partial charge in [0, 0.05) is 17.1 Å². The van der Waals surface area contributed by atoms with E-state index in [1.807, 2.05) is 0 Å². The first-order valence-corrected chi connectivity index (χ1v) is 9.21. The number of rotatable bonds is 6. The molecule has 1 N–H and O–H groups in total. The Morgan fingerprint density at radius 3 is 2.71 bits per heavy atom. The van der Waals surface area contributed by atoms with Gasteiger partial charge in [0.15, 0.2) is 0 Å². The second kappa shape index (κ2) is 7.75. The van der Waals surface area contributed by atoms with E-state index in [1.165, 1.54) is 55.0 Å². The first kappa shape index (κ1) is 15.5. The first-order chi connectivity index (χ1) is 10.3. The Bertz CT molecular complexity index is 439. The van der Waals surface area contributed by atoms with Crippen molar-refractivity contribution in [2.75, 3.05) is 13.2 Å². The van der Waals surface area contributed by atoms with E-state index in [0.29, 0.717) is 12.1 Å². The van der Waals surface area contributed by atoms with Crippen molar-refractivity contribution in [3.8, 4) is 0 Å². The summed E-state index contributed by atoms with van der Waals surface area (Å²) in [6.45, 7) is 1.88. The van der Waals surface area contributed by atoms with Gasteiger partial charge >= 0.3 is 0 Å². The molecule has 1 aromatic rings. The summed E-state index contributed by atoms with van der Waals surface area (Å²) >= 11 is 3.56. The number of halogens is 1. The van der Waals surface area contributed by atoms with E-state index in [1.54, 1.807) is 0 Å². The molecule has 116 valence electrons. The van der Waals surface area contributed by atoms with Crippen LogP contribution in [0.15, 0.2) is 28.7 Å². The molecule has 3 heteroatoms.